The lowest BCUT2D eigenvalue weighted by molar-refractivity contribution is 0.255. The van der Waals surface area contributed by atoms with E-state index in [1.54, 1.807) is 0 Å². The molecule has 1 aromatic rings. The Hall–Kier alpha value is -1.85. The fourth-order valence-corrected chi connectivity index (χ4v) is 0.900. The van der Waals surface area contributed by atoms with Crippen LogP contribution in [0, 0.1) is 11.6 Å². The van der Waals surface area contributed by atoms with Crippen LogP contribution in [0.15, 0.2) is 23.4 Å². The first kappa shape index (κ1) is 11.2. The summed E-state index contributed by atoms with van der Waals surface area (Å²) in [5.41, 5.74) is 5.21. The summed E-state index contributed by atoms with van der Waals surface area (Å²) < 4.78 is 30.7. The smallest absolute Gasteiger partial charge is 0.180 e. The van der Waals surface area contributed by atoms with Gasteiger partial charge in [0.15, 0.2) is 23.5 Å². The van der Waals surface area contributed by atoms with E-state index in [0.29, 0.717) is 0 Å². The molecule has 0 radical (unpaired) electrons. The van der Waals surface area contributed by atoms with Crippen LogP contribution in [0.5, 0.6) is 5.75 Å². The average molecular weight is 216 g/mol. The molecular formula is C9H10F2N2O2. The molecule has 0 aliphatic heterocycles. The van der Waals surface area contributed by atoms with Crippen LogP contribution < -0.4 is 10.5 Å². The monoisotopic (exact) mass is 216 g/mol. The maximum atomic E-state index is 13.1. The molecule has 1 unspecified atom stereocenters. The zero-order valence-electron chi connectivity index (χ0n) is 7.95. The highest BCUT2D eigenvalue weighted by atomic mass is 19.1. The number of hydrogen-bond acceptors (Lipinski definition) is 3. The highest BCUT2D eigenvalue weighted by Gasteiger charge is 2.12. The van der Waals surface area contributed by atoms with Crippen LogP contribution in [0.3, 0.4) is 0 Å². The lowest BCUT2D eigenvalue weighted by Gasteiger charge is -2.13. The molecule has 0 heterocycles. The third kappa shape index (κ3) is 2.80. The van der Waals surface area contributed by atoms with Gasteiger partial charge in [-0.25, -0.2) is 8.78 Å². The fourth-order valence-electron chi connectivity index (χ4n) is 0.900. The summed E-state index contributed by atoms with van der Waals surface area (Å²) in [6, 6.07) is 2.79. The van der Waals surface area contributed by atoms with E-state index < -0.39 is 17.7 Å². The van der Waals surface area contributed by atoms with Gasteiger partial charge in [-0.15, -0.1) is 0 Å². The number of benzene rings is 1. The molecule has 6 heteroatoms. The molecule has 4 nitrogen and oxygen atoms in total. The van der Waals surface area contributed by atoms with Crippen molar-refractivity contribution in [1.29, 1.82) is 0 Å². The van der Waals surface area contributed by atoms with Crippen LogP contribution in [0.2, 0.25) is 0 Å². The average Bonchev–Trinajstić information content (AvgIpc) is 2.22. The number of halogens is 2. The Morgan fingerprint density at radius 2 is 2.20 bits per heavy atom. The van der Waals surface area contributed by atoms with Crippen molar-refractivity contribution in [2.75, 3.05) is 0 Å². The van der Waals surface area contributed by atoms with E-state index in [0.717, 1.165) is 18.2 Å². The summed E-state index contributed by atoms with van der Waals surface area (Å²) in [6.45, 7) is 1.44. The van der Waals surface area contributed by atoms with Crippen molar-refractivity contribution in [2.24, 2.45) is 10.9 Å². The number of nitrogens with zero attached hydrogens (tertiary/aromatic N) is 1. The first-order valence-electron chi connectivity index (χ1n) is 4.13. The second-order valence-electron chi connectivity index (χ2n) is 2.86. The topological polar surface area (TPSA) is 67.8 Å². The second kappa shape index (κ2) is 4.59. The minimum atomic E-state index is -0.841. The quantitative estimate of drug-likeness (QED) is 0.348. The number of rotatable bonds is 3. The van der Waals surface area contributed by atoms with Gasteiger partial charge in [-0.05, 0) is 19.1 Å². The van der Waals surface area contributed by atoms with Crippen LogP contribution in [-0.2, 0) is 0 Å². The van der Waals surface area contributed by atoms with Gasteiger partial charge in [0, 0.05) is 6.07 Å². The number of oxime groups is 1. The molecule has 1 aromatic carbocycles. The Morgan fingerprint density at radius 1 is 1.53 bits per heavy atom. The third-order valence-electron chi connectivity index (χ3n) is 1.73. The zero-order valence-corrected chi connectivity index (χ0v) is 7.95. The summed E-state index contributed by atoms with van der Waals surface area (Å²) in [7, 11) is 0. The summed E-state index contributed by atoms with van der Waals surface area (Å²) >= 11 is 0. The number of amidine groups is 1. The van der Waals surface area contributed by atoms with Crippen molar-refractivity contribution in [3.05, 3.63) is 29.8 Å². The van der Waals surface area contributed by atoms with Crippen LogP contribution in [0.4, 0.5) is 8.78 Å². The molecule has 0 aromatic heterocycles. The molecule has 0 saturated heterocycles. The molecular weight excluding hydrogens is 206 g/mol. The first-order chi connectivity index (χ1) is 7.04. The number of ether oxygens (including phenoxy) is 1. The van der Waals surface area contributed by atoms with Gasteiger partial charge in [0.25, 0.3) is 0 Å². The predicted molar refractivity (Wildman–Crippen MR) is 49.9 cm³/mol. The van der Waals surface area contributed by atoms with Gasteiger partial charge < -0.3 is 15.7 Å². The Kier molecular flexibility index (Phi) is 3.43. The van der Waals surface area contributed by atoms with Gasteiger partial charge in [0.05, 0.1) is 0 Å². The van der Waals surface area contributed by atoms with Gasteiger partial charge in [0.2, 0.25) is 0 Å². The Bertz CT molecular complexity index is 382. The van der Waals surface area contributed by atoms with Crippen LogP contribution in [0.1, 0.15) is 6.92 Å². The maximum absolute atomic E-state index is 13.1. The van der Waals surface area contributed by atoms with Gasteiger partial charge >= 0.3 is 0 Å². The van der Waals surface area contributed by atoms with Gasteiger partial charge in [-0.3, -0.25) is 0 Å². The lowest BCUT2D eigenvalue weighted by atomic mass is 10.3. The van der Waals surface area contributed by atoms with E-state index in [1.807, 2.05) is 0 Å². The molecule has 1 rings (SSSR count). The van der Waals surface area contributed by atoms with Crippen molar-refractivity contribution in [3.63, 3.8) is 0 Å². The molecule has 0 amide bonds. The van der Waals surface area contributed by atoms with E-state index in [-0.39, 0.29) is 11.6 Å². The molecule has 0 aliphatic rings. The van der Waals surface area contributed by atoms with E-state index in [2.05, 4.69) is 5.16 Å². The van der Waals surface area contributed by atoms with Crippen molar-refractivity contribution in [1.82, 2.24) is 0 Å². The summed E-state index contributed by atoms with van der Waals surface area (Å²) in [5.74, 6) is -1.85. The largest absolute Gasteiger partial charge is 0.480 e. The Morgan fingerprint density at radius 3 is 2.80 bits per heavy atom. The lowest BCUT2D eigenvalue weighted by Crippen LogP contribution is -2.31. The van der Waals surface area contributed by atoms with Crippen molar-refractivity contribution in [3.8, 4) is 5.75 Å². The Labute approximate surface area is 85.0 Å². The summed E-state index contributed by atoms with van der Waals surface area (Å²) in [6.07, 6.45) is -0.841. The normalized spacial score (nSPS) is 13.7. The summed E-state index contributed by atoms with van der Waals surface area (Å²) in [5, 5.41) is 11.0. The molecule has 82 valence electrons. The number of hydrogen-bond donors (Lipinski definition) is 2. The molecule has 1 atom stereocenters. The van der Waals surface area contributed by atoms with Crippen molar-refractivity contribution < 1.29 is 18.7 Å². The Balaban J connectivity index is 2.85. The van der Waals surface area contributed by atoms with Gasteiger partial charge in [0.1, 0.15) is 5.82 Å². The van der Waals surface area contributed by atoms with Gasteiger partial charge in [-0.2, -0.15) is 0 Å². The van der Waals surface area contributed by atoms with Crippen LogP contribution >= 0.6 is 0 Å². The highest BCUT2D eigenvalue weighted by molar-refractivity contribution is 5.84. The molecule has 0 fully saturated rings. The molecule has 3 N–H and O–H groups in total. The SMILES string of the molecule is CC(Oc1cc(F)ccc1F)C(N)=NO. The first-order valence-corrected chi connectivity index (χ1v) is 4.13. The molecule has 15 heavy (non-hydrogen) atoms. The van der Waals surface area contributed by atoms with Crippen molar-refractivity contribution in [2.45, 2.75) is 13.0 Å². The third-order valence-corrected chi connectivity index (χ3v) is 1.73. The second-order valence-corrected chi connectivity index (χ2v) is 2.86. The van der Waals surface area contributed by atoms with E-state index in [9.17, 15) is 8.78 Å². The van der Waals surface area contributed by atoms with Crippen LogP contribution in [0.25, 0.3) is 0 Å². The van der Waals surface area contributed by atoms with Gasteiger partial charge in [-0.1, -0.05) is 5.16 Å². The molecule has 0 bridgehead atoms. The minimum absolute atomic E-state index is 0.223. The fraction of sp³-hybridized carbons (Fsp3) is 0.222. The van der Waals surface area contributed by atoms with Crippen molar-refractivity contribution >= 4 is 5.84 Å². The zero-order chi connectivity index (χ0) is 11.4. The standard InChI is InChI=1S/C9H10F2N2O2/c1-5(9(12)13-14)15-8-4-6(10)2-3-7(8)11/h2-5,14H,1H3,(H2,12,13). The minimum Gasteiger partial charge on any atom is -0.480 e. The van der Waals surface area contributed by atoms with E-state index in [1.165, 1.54) is 6.92 Å². The summed E-state index contributed by atoms with van der Waals surface area (Å²) in [4.78, 5) is 0. The maximum Gasteiger partial charge on any atom is 0.180 e. The number of nitrogens with two attached hydrogens (primary N) is 1. The molecule has 0 spiro atoms. The van der Waals surface area contributed by atoms with E-state index in [4.69, 9.17) is 15.7 Å². The molecule has 0 aliphatic carbocycles. The highest BCUT2D eigenvalue weighted by Crippen LogP contribution is 2.19. The predicted octanol–water partition coefficient (Wildman–Crippen LogP) is 1.48. The van der Waals surface area contributed by atoms with E-state index >= 15 is 0 Å². The van der Waals surface area contributed by atoms with Crippen LogP contribution in [-0.4, -0.2) is 17.1 Å². The molecule has 0 saturated carbocycles.